The number of benzene rings is 2. The maximum atomic E-state index is 11.1. The van der Waals surface area contributed by atoms with Crippen LogP contribution in [0.25, 0.3) is 5.95 Å². The van der Waals surface area contributed by atoms with Crippen LogP contribution in [0.15, 0.2) is 73.1 Å². The molecule has 0 radical (unpaired) electrons. The fraction of sp³-hybridized carbons (Fsp3) is 0.125. The molecule has 0 fully saturated rings. The number of carboxylic acid groups (broad SMARTS) is 1. The van der Waals surface area contributed by atoms with E-state index in [-0.39, 0.29) is 5.56 Å². The van der Waals surface area contributed by atoms with E-state index in [0.29, 0.717) is 23.5 Å². The summed E-state index contributed by atoms with van der Waals surface area (Å²) in [6.07, 6.45) is 3.76. The predicted octanol–water partition coefficient (Wildman–Crippen LogP) is 3.71. The molecule has 3 N–H and O–H groups in total. The summed E-state index contributed by atoms with van der Waals surface area (Å²) in [5.41, 5.74) is 3.92. The number of rotatable bonds is 7. The number of nitrogens with zero attached hydrogens (tertiary/aromatic N) is 5. The van der Waals surface area contributed by atoms with Crippen LogP contribution in [0.1, 0.15) is 15.9 Å². The molecule has 33 heavy (non-hydrogen) atoms. The fourth-order valence-corrected chi connectivity index (χ4v) is 3.03. The average molecular weight is 443 g/mol. The molecule has 0 aliphatic heterocycles. The third kappa shape index (κ3) is 5.40. The van der Waals surface area contributed by atoms with Crippen LogP contribution in [0.3, 0.4) is 0 Å². The average Bonchev–Trinajstić information content (AvgIpc) is 2.81. The molecule has 0 bridgehead atoms. The first-order chi connectivity index (χ1) is 15.9. The number of aromatic nitrogens is 4. The molecule has 4 rings (SSSR count). The fourth-order valence-electron chi connectivity index (χ4n) is 3.03. The zero-order valence-corrected chi connectivity index (χ0v) is 18.5. The van der Waals surface area contributed by atoms with Crippen molar-refractivity contribution in [3.63, 3.8) is 0 Å². The van der Waals surface area contributed by atoms with Crippen LogP contribution >= 0.6 is 0 Å². The number of hydrogen-bond donors (Lipinski definition) is 3. The normalized spacial score (nSPS) is 10.5. The maximum absolute atomic E-state index is 11.1. The molecule has 0 saturated heterocycles. The van der Waals surface area contributed by atoms with Gasteiger partial charge in [0.05, 0.1) is 18.0 Å². The number of hydrogen-bond acceptors (Lipinski definition) is 7. The van der Waals surface area contributed by atoms with Crippen LogP contribution in [0.2, 0.25) is 0 Å². The van der Waals surface area contributed by atoms with Gasteiger partial charge in [-0.1, -0.05) is 17.7 Å². The molecule has 0 atom stereocenters. The zero-order chi connectivity index (χ0) is 23.4. The van der Waals surface area contributed by atoms with Crippen LogP contribution in [-0.4, -0.2) is 40.1 Å². The number of aromatic carboxylic acids is 1. The van der Waals surface area contributed by atoms with Crippen molar-refractivity contribution in [2.45, 2.75) is 6.92 Å². The number of anilines is 5. The minimum atomic E-state index is -0.980. The first-order valence-electron chi connectivity index (χ1n) is 10.3. The van der Waals surface area contributed by atoms with E-state index in [2.05, 4.69) is 25.6 Å². The third-order valence-corrected chi connectivity index (χ3v) is 4.88. The lowest BCUT2D eigenvalue weighted by Crippen LogP contribution is -2.33. The molecule has 0 unspecified atom stereocenters. The first kappa shape index (κ1) is 21.7. The Morgan fingerprint density at radius 1 is 0.818 bits per heavy atom. The van der Waals surface area contributed by atoms with E-state index in [1.165, 1.54) is 12.1 Å². The van der Waals surface area contributed by atoms with Crippen molar-refractivity contribution in [3.05, 3.63) is 84.2 Å². The molecule has 0 aliphatic rings. The molecule has 2 aromatic carbocycles. The van der Waals surface area contributed by atoms with Crippen molar-refractivity contribution in [2.75, 3.05) is 29.6 Å². The van der Waals surface area contributed by atoms with Crippen molar-refractivity contribution >= 4 is 34.9 Å². The van der Waals surface area contributed by atoms with Gasteiger partial charge < -0.3 is 20.6 Å². The van der Waals surface area contributed by atoms with E-state index < -0.39 is 5.97 Å². The van der Waals surface area contributed by atoms with Gasteiger partial charge in [-0.05, 0) is 65.4 Å². The van der Waals surface area contributed by atoms with Gasteiger partial charge in [0.2, 0.25) is 0 Å². The highest BCUT2D eigenvalue weighted by Gasteiger charge is 2.18. The second-order valence-corrected chi connectivity index (χ2v) is 7.64. The standard InChI is InChI=1S/C24H23N7O2/c1-16-4-8-18(9-5-16)25-22-27-23(26-19-10-6-17(7-11-19)21(32)33)29-24(28-22)31-14-12-20(13-15-31)30(2)3/h4-15H,1-3H3,(H2-,25,26,27,28,29,32,33)/p+1. The van der Waals surface area contributed by atoms with Crippen molar-refractivity contribution in [1.29, 1.82) is 0 Å². The van der Waals surface area contributed by atoms with E-state index in [9.17, 15) is 4.79 Å². The van der Waals surface area contributed by atoms with Gasteiger partial charge in [0.25, 0.3) is 0 Å². The highest BCUT2D eigenvalue weighted by Crippen LogP contribution is 2.18. The second-order valence-electron chi connectivity index (χ2n) is 7.64. The van der Waals surface area contributed by atoms with Crippen molar-refractivity contribution in [3.8, 4) is 5.95 Å². The Labute approximate surface area is 191 Å². The molecular weight excluding hydrogens is 418 g/mol. The summed E-state index contributed by atoms with van der Waals surface area (Å²) in [6.45, 7) is 2.02. The number of pyridine rings is 1. The molecular formula is C24H24N7O2+. The Balaban J connectivity index is 1.68. The van der Waals surface area contributed by atoms with Crippen LogP contribution in [0.4, 0.5) is 29.0 Å². The lowest BCUT2D eigenvalue weighted by atomic mass is 10.2. The van der Waals surface area contributed by atoms with Crippen LogP contribution in [0, 0.1) is 6.92 Å². The molecule has 0 saturated carbocycles. The number of nitrogens with one attached hydrogen (secondary N) is 2. The number of carboxylic acids is 1. The zero-order valence-electron chi connectivity index (χ0n) is 18.5. The van der Waals surface area contributed by atoms with E-state index >= 15 is 0 Å². The Morgan fingerprint density at radius 3 is 1.82 bits per heavy atom. The monoisotopic (exact) mass is 442 g/mol. The SMILES string of the molecule is Cc1ccc(Nc2nc(Nc3ccc(C(=O)O)cc3)nc(-[n+]3ccc(N(C)C)cc3)n2)cc1. The largest absolute Gasteiger partial charge is 0.478 e. The molecule has 0 spiro atoms. The van der Waals surface area contributed by atoms with Crippen LogP contribution in [0.5, 0.6) is 0 Å². The molecule has 4 aromatic rings. The number of carbonyl (C=O) groups is 1. The summed E-state index contributed by atoms with van der Waals surface area (Å²) < 4.78 is 1.80. The first-order valence-corrected chi connectivity index (χ1v) is 10.3. The minimum Gasteiger partial charge on any atom is -0.478 e. The summed E-state index contributed by atoms with van der Waals surface area (Å²) in [6, 6.07) is 18.2. The Hall–Kier alpha value is -4.53. The second kappa shape index (κ2) is 9.31. The van der Waals surface area contributed by atoms with Gasteiger partial charge in [0.1, 0.15) is 0 Å². The van der Waals surface area contributed by atoms with Crippen LogP contribution in [-0.2, 0) is 0 Å². The molecule has 2 heterocycles. The smallest absolute Gasteiger partial charge is 0.444 e. The van der Waals surface area contributed by atoms with Crippen molar-refractivity contribution < 1.29 is 14.5 Å². The van der Waals surface area contributed by atoms with E-state index in [1.54, 1.807) is 16.7 Å². The van der Waals surface area contributed by atoms with Gasteiger partial charge in [0, 0.05) is 31.2 Å². The molecule has 2 aromatic heterocycles. The predicted molar refractivity (Wildman–Crippen MR) is 127 cm³/mol. The Kier molecular flexibility index (Phi) is 6.12. The summed E-state index contributed by atoms with van der Waals surface area (Å²) in [5, 5.41) is 15.5. The van der Waals surface area contributed by atoms with Gasteiger partial charge in [-0.3, -0.25) is 0 Å². The van der Waals surface area contributed by atoms with E-state index in [0.717, 1.165) is 16.9 Å². The maximum Gasteiger partial charge on any atom is 0.444 e. The Bertz CT molecular complexity index is 1260. The highest BCUT2D eigenvalue weighted by atomic mass is 16.4. The van der Waals surface area contributed by atoms with Gasteiger partial charge in [-0.25, -0.2) is 9.36 Å². The van der Waals surface area contributed by atoms with Gasteiger partial charge >= 0.3 is 23.8 Å². The molecule has 0 aliphatic carbocycles. The quantitative estimate of drug-likeness (QED) is 0.372. The van der Waals surface area contributed by atoms with E-state index in [4.69, 9.17) is 5.11 Å². The van der Waals surface area contributed by atoms with Crippen LogP contribution < -0.4 is 20.1 Å². The highest BCUT2D eigenvalue weighted by molar-refractivity contribution is 5.88. The molecule has 166 valence electrons. The summed E-state index contributed by atoms with van der Waals surface area (Å²) >= 11 is 0. The lowest BCUT2D eigenvalue weighted by molar-refractivity contribution is -0.603. The topological polar surface area (TPSA) is 107 Å². The van der Waals surface area contributed by atoms with Gasteiger partial charge in [-0.2, -0.15) is 0 Å². The third-order valence-electron chi connectivity index (χ3n) is 4.88. The van der Waals surface area contributed by atoms with Gasteiger partial charge in [-0.15, -0.1) is 4.98 Å². The molecule has 9 heteroatoms. The molecule has 0 amide bonds. The molecule has 9 nitrogen and oxygen atoms in total. The summed E-state index contributed by atoms with van der Waals surface area (Å²) in [4.78, 5) is 26.7. The summed E-state index contributed by atoms with van der Waals surface area (Å²) in [7, 11) is 3.95. The minimum absolute atomic E-state index is 0.204. The summed E-state index contributed by atoms with van der Waals surface area (Å²) in [5.74, 6) is 0.139. The lowest BCUT2D eigenvalue weighted by Gasteiger charge is -2.11. The number of aryl methyl sites for hydroxylation is 1. The van der Waals surface area contributed by atoms with Gasteiger partial charge in [0.15, 0.2) is 0 Å². The van der Waals surface area contributed by atoms with E-state index in [1.807, 2.05) is 74.7 Å². The Morgan fingerprint density at radius 2 is 1.33 bits per heavy atom. The van der Waals surface area contributed by atoms with Crippen molar-refractivity contribution in [2.24, 2.45) is 0 Å². The van der Waals surface area contributed by atoms with Crippen molar-refractivity contribution in [1.82, 2.24) is 15.0 Å².